The Kier molecular flexibility index (Phi) is 6.16. The van der Waals surface area contributed by atoms with E-state index in [0.717, 1.165) is 44.7 Å². The lowest BCUT2D eigenvalue weighted by Gasteiger charge is -2.07. The van der Waals surface area contributed by atoms with E-state index in [1.54, 1.807) is 0 Å². The Morgan fingerprint density at radius 2 is 1.45 bits per heavy atom. The summed E-state index contributed by atoms with van der Waals surface area (Å²) in [6.45, 7) is 0.470. The van der Waals surface area contributed by atoms with Crippen LogP contribution in [0.1, 0.15) is 5.56 Å². The maximum Gasteiger partial charge on any atom is 0.136 e. The van der Waals surface area contributed by atoms with Crippen LogP contribution in [0.2, 0.25) is 10.0 Å². The van der Waals surface area contributed by atoms with E-state index in [-0.39, 0.29) is 0 Å². The Hall–Kier alpha value is -3.53. The van der Waals surface area contributed by atoms with Gasteiger partial charge < -0.3 is 9.15 Å². The van der Waals surface area contributed by atoms with Crippen molar-refractivity contribution in [3.63, 3.8) is 0 Å². The summed E-state index contributed by atoms with van der Waals surface area (Å²) in [5.74, 6) is 1.51. The van der Waals surface area contributed by atoms with Crippen LogP contribution in [0, 0.1) is 0 Å². The molecule has 0 bridgehead atoms. The van der Waals surface area contributed by atoms with Crippen LogP contribution in [0.25, 0.3) is 22.3 Å². The van der Waals surface area contributed by atoms with E-state index in [1.807, 2.05) is 103 Å². The minimum absolute atomic E-state index is 0.470. The van der Waals surface area contributed by atoms with Crippen LogP contribution in [0.15, 0.2) is 113 Å². The maximum atomic E-state index is 6.26. The van der Waals surface area contributed by atoms with Crippen LogP contribution in [-0.2, 0) is 6.61 Å². The Morgan fingerprint density at radius 3 is 2.21 bits per heavy atom. The smallest absolute Gasteiger partial charge is 0.136 e. The second-order valence-electron chi connectivity index (χ2n) is 7.52. The second-order valence-corrected chi connectivity index (χ2v) is 8.40. The third kappa shape index (κ3) is 5.11. The predicted molar refractivity (Wildman–Crippen MR) is 134 cm³/mol. The van der Waals surface area contributed by atoms with Gasteiger partial charge in [0.05, 0.1) is 11.0 Å². The summed E-state index contributed by atoms with van der Waals surface area (Å²) in [6, 6.07) is 32.8. The molecule has 33 heavy (non-hydrogen) atoms. The van der Waals surface area contributed by atoms with Gasteiger partial charge in [-0.1, -0.05) is 65.7 Å². The van der Waals surface area contributed by atoms with Crippen LogP contribution in [-0.4, -0.2) is 0 Å². The van der Waals surface area contributed by atoms with Crippen LogP contribution >= 0.6 is 23.2 Å². The summed E-state index contributed by atoms with van der Waals surface area (Å²) in [6.07, 6.45) is 0. The van der Waals surface area contributed by atoms with Gasteiger partial charge in [0.2, 0.25) is 0 Å². The molecule has 5 rings (SSSR count). The third-order valence-corrected chi connectivity index (χ3v) is 5.66. The maximum absolute atomic E-state index is 6.26. The molecular weight excluding hydrogens is 453 g/mol. The Labute approximate surface area is 201 Å². The van der Waals surface area contributed by atoms with Crippen LogP contribution in [0.4, 0.5) is 5.69 Å². The van der Waals surface area contributed by atoms with E-state index in [9.17, 15) is 0 Å². The fraction of sp³-hybridized carbons (Fsp3) is 0.0357. The first-order valence-electron chi connectivity index (χ1n) is 10.4. The largest absolute Gasteiger partial charge is 0.489 e. The molecule has 0 atom stereocenters. The first-order valence-corrected chi connectivity index (χ1v) is 11.2. The lowest BCUT2D eigenvalue weighted by Crippen LogP contribution is -2.03. The topological polar surface area (TPSA) is 34.7 Å². The van der Waals surface area contributed by atoms with Gasteiger partial charge in [-0.15, -0.1) is 0 Å². The van der Waals surface area contributed by atoms with Crippen molar-refractivity contribution in [1.82, 2.24) is 0 Å². The van der Waals surface area contributed by atoms with Gasteiger partial charge in [0, 0.05) is 27.1 Å². The molecule has 0 aliphatic carbocycles. The zero-order valence-corrected chi connectivity index (χ0v) is 19.1. The summed E-state index contributed by atoms with van der Waals surface area (Å²) in [5.41, 5.74) is 3.57. The zero-order valence-electron chi connectivity index (χ0n) is 17.5. The first kappa shape index (κ1) is 21.3. The highest BCUT2D eigenvalue weighted by molar-refractivity contribution is 6.31. The molecule has 4 aromatic carbocycles. The highest BCUT2D eigenvalue weighted by atomic mass is 35.5. The summed E-state index contributed by atoms with van der Waals surface area (Å²) in [4.78, 5) is 4.88. The Bertz CT molecular complexity index is 1460. The molecule has 0 fully saturated rings. The number of fused-ring (bicyclic) bond motifs is 1. The van der Waals surface area contributed by atoms with Crippen molar-refractivity contribution in [2.45, 2.75) is 6.61 Å². The summed E-state index contributed by atoms with van der Waals surface area (Å²) >= 11 is 12.2. The molecule has 1 aromatic heterocycles. The fourth-order valence-electron chi connectivity index (χ4n) is 3.48. The van der Waals surface area contributed by atoms with Crippen molar-refractivity contribution in [1.29, 1.82) is 0 Å². The van der Waals surface area contributed by atoms with Gasteiger partial charge in [0.1, 0.15) is 23.7 Å². The van der Waals surface area contributed by atoms with Gasteiger partial charge in [0.25, 0.3) is 0 Å². The molecule has 5 heteroatoms. The number of hydrogen-bond donors (Lipinski definition) is 0. The van der Waals surface area contributed by atoms with E-state index >= 15 is 0 Å². The van der Waals surface area contributed by atoms with Crippen LogP contribution < -0.4 is 10.1 Å². The monoisotopic (exact) mass is 471 g/mol. The van der Waals surface area contributed by atoms with E-state index in [1.165, 1.54) is 0 Å². The van der Waals surface area contributed by atoms with Crippen LogP contribution in [0.5, 0.6) is 5.75 Å². The van der Waals surface area contributed by atoms with E-state index < -0.39 is 0 Å². The predicted octanol–water partition coefficient (Wildman–Crippen LogP) is 8.22. The fourth-order valence-corrected chi connectivity index (χ4v) is 3.78. The molecule has 0 spiro atoms. The zero-order chi connectivity index (χ0) is 22.6. The molecular formula is C28H19Cl2NO2. The van der Waals surface area contributed by atoms with Crippen molar-refractivity contribution in [2.75, 3.05) is 0 Å². The highest BCUT2D eigenvalue weighted by Gasteiger charge is 2.07. The summed E-state index contributed by atoms with van der Waals surface area (Å²) in [7, 11) is 0. The average molecular weight is 472 g/mol. The molecule has 3 nitrogen and oxygen atoms in total. The molecule has 1 heterocycles. The van der Waals surface area contributed by atoms with Crippen molar-refractivity contribution in [3.8, 4) is 17.1 Å². The van der Waals surface area contributed by atoms with Gasteiger partial charge in [-0.05, 0) is 60.2 Å². The normalized spacial score (nSPS) is 11.6. The summed E-state index contributed by atoms with van der Waals surface area (Å²) in [5, 5.41) is 2.98. The highest BCUT2D eigenvalue weighted by Crippen LogP contribution is 2.25. The number of rotatable bonds is 5. The second kappa shape index (κ2) is 9.53. The number of benzene rings is 4. The minimum Gasteiger partial charge on any atom is -0.489 e. The lowest BCUT2D eigenvalue weighted by atomic mass is 10.1. The first-order chi connectivity index (χ1) is 16.1. The molecule has 0 unspecified atom stereocenters. The average Bonchev–Trinajstić information content (AvgIpc) is 2.85. The number of ether oxygens (including phenoxy) is 1. The molecule has 0 N–H and O–H groups in total. The van der Waals surface area contributed by atoms with E-state index in [0.29, 0.717) is 16.7 Å². The van der Waals surface area contributed by atoms with Crippen molar-refractivity contribution in [3.05, 3.63) is 124 Å². The number of nitrogens with zero attached hydrogens (tertiary/aromatic N) is 1. The van der Waals surface area contributed by atoms with Gasteiger partial charge in [0.15, 0.2) is 0 Å². The van der Waals surface area contributed by atoms with Crippen LogP contribution in [0.3, 0.4) is 0 Å². The third-order valence-electron chi connectivity index (χ3n) is 5.17. The SMILES string of the molecule is Clc1ccc(COc2ccc(N=c3cc(-c4ccccc4)oc4ccc(Cl)cc34)cc2)cc1. The van der Waals surface area contributed by atoms with Crippen molar-refractivity contribution >= 4 is 39.9 Å². The van der Waals surface area contributed by atoms with Gasteiger partial charge >= 0.3 is 0 Å². The van der Waals surface area contributed by atoms with Crippen molar-refractivity contribution < 1.29 is 9.15 Å². The standard InChI is InChI=1S/C28H19Cl2NO2/c29-21-8-6-19(7-9-21)18-32-24-13-11-23(12-14-24)31-26-17-28(20-4-2-1-3-5-20)33-27-15-10-22(30)16-25(26)27/h1-17H,18H2. The Balaban J connectivity index is 1.47. The molecule has 0 saturated heterocycles. The van der Waals surface area contributed by atoms with Gasteiger partial charge in [-0.25, -0.2) is 4.99 Å². The molecule has 0 aliphatic heterocycles. The summed E-state index contributed by atoms with van der Waals surface area (Å²) < 4.78 is 12.0. The molecule has 0 aliphatic rings. The van der Waals surface area contributed by atoms with E-state index in [2.05, 4.69) is 0 Å². The lowest BCUT2D eigenvalue weighted by molar-refractivity contribution is 0.306. The quantitative estimate of drug-likeness (QED) is 0.258. The molecule has 162 valence electrons. The molecule has 0 amide bonds. The minimum atomic E-state index is 0.470. The van der Waals surface area contributed by atoms with Gasteiger partial charge in [-0.3, -0.25) is 0 Å². The Morgan fingerprint density at radius 1 is 0.727 bits per heavy atom. The molecule has 0 saturated carbocycles. The van der Waals surface area contributed by atoms with E-state index in [4.69, 9.17) is 37.3 Å². The molecule has 0 radical (unpaired) electrons. The number of halogens is 2. The molecule has 5 aromatic rings. The number of hydrogen-bond acceptors (Lipinski definition) is 3. The van der Waals surface area contributed by atoms with Gasteiger partial charge in [-0.2, -0.15) is 0 Å². The van der Waals surface area contributed by atoms with Crippen molar-refractivity contribution in [2.24, 2.45) is 4.99 Å².